The fourth-order valence-corrected chi connectivity index (χ4v) is 3.02. The molecule has 0 aliphatic rings. The van der Waals surface area contributed by atoms with Crippen LogP contribution in [0.1, 0.15) is 17.4 Å². The summed E-state index contributed by atoms with van der Waals surface area (Å²) in [5, 5.41) is 8.65. The second-order valence-corrected chi connectivity index (χ2v) is 6.15. The molecule has 0 atom stereocenters. The van der Waals surface area contributed by atoms with Crippen molar-refractivity contribution in [2.75, 3.05) is 27.9 Å². The average Bonchev–Trinajstić information content (AvgIpc) is 3.16. The maximum absolute atomic E-state index is 5.51. The van der Waals surface area contributed by atoms with Crippen molar-refractivity contribution in [1.82, 2.24) is 10.6 Å². The van der Waals surface area contributed by atoms with Crippen LogP contribution in [0.4, 0.5) is 0 Å². The predicted octanol–water partition coefficient (Wildman–Crippen LogP) is 3.03. The van der Waals surface area contributed by atoms with Crippen molar-refractivity contribution in [2.45, 2.75) is 20.0 Å². The molecule has 0 amide bonds. The van der Waals surface area contributed by atoms with Crippen LogP contribution in [-0.4, -0.2) is 33.8 Å². The van der Waals surface area contributed by atoms with E-state index in [0.29, 0.717) is 23.8 Å². The van der Waals surface area contributed by atoms with Gasteiger partial charge in [-0.25, -0.2) is 4.99 Å². The Labute approximate surface area is 152 Å². The van der Waals surface area contributed by atoms with E-state index < -0.39 is 0 Å². The lowest BCUT2D eigenvalue weighted by atomic mass is 10.1. The minimum Gasteiger partial charge on any atom is -0.493 e. The van der Waals surface area contributed by atoms with E-state index in [9.17, 15) is 0 Å². The van der Waals surface area contributed by atoms with Gasteiger partial charge in [0.2, 0.25) is 5.75 Å². The Morgan fingerprint density at radius 2 is 1.84 bits per heavy atom. The largest absolute Gasteiger partial charge is 0.493 e. The van der Waals surface area contributed by atoms with E-state index in [1.165, 1.54) is 4.88 Å². The van der Waals surface area contributed by atoms with Crippen LogP contribution in [0.3, 0.4) is 0 Å². The minimum atomic E-state index is 0.462. The molecule has 7 heteroatoms. The van der Waals surface area contributed by atoms with Crippen LogP contribution in [0.15, 0.2) is 34.6 Å². The van der Waals surface area contributed by atoms with Crippen LogP contribution in [0.2, 0.25) is 0 Å². The SMILES string of the molecule is CCNC(=NCc1ccc(OC)c(OC)c1OC)NCc1cccs1. The number of hydrogen-bond donors (Lipinski definition) is 2. The Kier molecular flexibility index (Phi) is 7.40. The van der Waals surface area contributed by atoms with Crippen LogP contribution in [0, 0.1) is 0 Å². The molecule has 0 unspecified atom stereocenters. The minimum absolute atomic E-state index is 0.462. The Bertz CT molecular complexity index is 687. The molecule has 2 rings (SSSR count). The summed E-state index contributed by atoms with van der Waals surface area (Å²) in [7, 11) is 4.82. The third kappa shape index (κ3) is 5.03. The molecule has 1 heterocycles. The number of aliphatic imine (C=N–C) groups is 1. The van der Waals surface area contributed by atoms with Crippen LogP contribution in [-0.2, 0) is 13.1 Å². The number of ether oxygens (including phenoxy) is 3. The van der Waals surface area contributed by atoms with E-state index in [1.54, 1.807) is 32.7 Å². The first-order valence-electron chi connectivity index (χ1n) is 8.05. The summed E-state index contributed by atoms with van der Waals surface area (Å²) in [6, 6.07) is 7.93. The van der Waals surface area contributed by atoms with Gasteiger partial charge in [-0.2, -0.15) is 0 Å². The highest BCUT2D eigenvalue weighted by atomic mass is 32.1. The molecule has 0 aliphatic carbocycles. The topological polar surface area (TPSA) is 64.1 Å². The number of thiophene rings is 1. The first-order chi connectivity index (χ1) is 12.2. The zero-order chi connectivity index (χ0) is 18.1. The molecule has 1 aromatic carbocycles. The quantitative estimate of drug-likeness (QED) is 0.558. The molecule has 2 N–H and O–H groups in total. The molecule has 2 aromatic rings. The van der Waals surface area contributed by atoms with Crippen LogP contribution in [0.25, 0.3) is 0 Å². The fourth-order valence-electron chi connectivity index (χ4n) is 2.38. The highest BCUT2D eigenvalue weighted by Gasteiger charge is 2.15. The molecule has 0 radical (unpaired) electrons. The lowest BCUT2D eigenvalue weighted by Crippen LogP contribution is -2.36. The normalized spacial score (nSPS) is 11.1. The van der Waals surface area contributed by atoms with Crippen molar-refractivity contribution in [3.05, 3.63) is 40.1 Å². The van der Waals surface area contributed by atoms with Gasteiger partial charge < -0.3 is 24.8 Å². The Morgan fingerprint density at radius 1 is 1.04 bits per heavy atom. The number of nitrogens with zero attached hydrogens (tertiary/aromatic N) is 1. The third-order valence-electron chi connectivity index (χ3n) is 3.55. The van der Waals surface area contributed by atoms with Crippen molar-refractivity contribution in [3.63, 3.8) is 0 Å². The molecule has 1 aromatic heterocycles. The van der Waals surface area contributed by atoms with Gasteiger partial charge in [0.25, 0.3) is 0 Å². The molecular weight excluding hydrogens is 338 g/mol. The Hall–Kier alpha value is -2.41. The first-order valence-corrected chi connectivity index (χ1v) is 8.93. The smallest absolute Gasteiger partial charge is 0.203 e. The summed E-state index contributed by atoms with van der Waals surface area (Å²) in [5.41, 5.74) is 0.925. The number of benzene rings is 1. The maximum Gasteiger partial charge on any atom is 0.203 e. The molecule has 0 spiro atoms. The molecule has 136 valence electrons. The van der Waals surface area contributed by atoms with E-state index in [2.05, 4.69) is 27.1 Å². The van der Waals surface area contributed by atoms with Gasteiger partial charge >= 0.3 is 0 Å². The van der Waals surface area contributed by atoms with Crippen LogP contribution < -0.4 is 24.8 Å². The van der Waals surface area contributed by atoms with Crippen LogP contribution in [0.5, 0.6) is 17.2 Å². The molecule has 0 saturated heterocycles. The van der Waals surface area contributed by atoms with Crippen LogP contribution >= 0.6 is 11.3 Å². The number of guanidine groups is 1. The lowest BCUT2D eigenvalue weighted by Gasteiger charge is -2.15. The highest BCUT2D eigenvalue weighted by molar-refractivity contribution is 7.09. The van der Waals surface area contributed by atoms with Crippen molar-refractivity contribution in [3.8, 4) is 17.2 Å². The van der Waals surface area contributed by atoms with E-state index >= 15 is 0 Å². The molecule has 25 heavy (non-hydrogen) atoms. The van der Waals surface area contributed by atoms with Gasteiger partial charge in [-0.3, -0.25) is 0 Å². The van der Waals surface area contributed by atoms with Crippen molar-refractivity contribution >= 4 is 17.3 Å². The molecule has 6 nitrogen and oxygen atoms in total. The van der Waals surface area contributed by atoms with E-state index in [-0.39, 0.29) is 0 Å². The summed E-state index contributed by atoms with van der Waals surface area (Å²) in [6.45, 7) is 4.04. The van der Waals surface area contributed by atoms with Gasteiger partial charge in [-0.1, -0.05) is 6.07 Å². The standard InChI is InChI=1S/C18H25N3O3S/c1-5-19-18(21-12-14-7-6-10-25-14)20-11-13-8-9-15(22-2)17(24-4)16(13)23-3/h6-10H,5,11-12H2,1-4H3,(H2,19,20,21). The number of methoxy groups -OCH3 is 3. The number of hydrogen-bond acceptors (Lipinski definition) is 5. The van der Waals surface area contributed by atoms with Gasteiger partial charge in [0.15, 0.2) is 17.5 Å². The van der Waals surface area contributed by atoms with E-state index in [4.69, 9.17) is 14.2 Å². The van der Waals surface area contributed by atoms with Gasteiger partial charge in [0.05, 0.1) is 34.4 Å². The van der Waals surface area contributed by atoms with E-state index in [0.717, 1.165) is 24.6 Å². The Balaban J connectivity index is 2.15. The fraction of sp³-hybridized carbons (Fsp3) is 0.389. The average molecular weight is 363 g/mol. The summed E-state index contributed by atoms with van der Waals surface area (Å²) < 4.78 is 16.2. The third-order valence-corrected chi connectivity index (χ3v) is 4.42. The zero-order valence-corrected chi connectivity index (χ0v) is 15.9. The zero-order valence-electron chi connectivity index (χ0n) is 15.1. The highest BCUT2D eigenvalue weighted by Crippen LogP contribution is 2.39. The van der Waals surface area contributed by atoms with Crippen molar-refractivity contribution in [2.24, 2.45) is 4.99 Å². The maximum atomic E-state index is 5.51. The van der Waals surface area contributed by atoms with Gasteiger partial charge in [0, 0.05) is 17.0 Å². The second kappa shape index (κ2) is 9.78. The lowest BCUT2D eigenvalue weighted by molar-refractivity contribution is 0.322. The summed E-state index contributed by atoms with van der Waals surface area (Å²) >= 11 is 1.72. The van der Waals surface area contributed by atoms with Crippen molar-refractivity contribution in [1.29, 1.82) is 0 Å². The Morgan fingerprint density at radius 3 is 2.44 bits per heavy atom. The van der Waals surface area contributed by atoms with Gasteiger partial charge in [-0.05, 0) is 30.5 Å². The molecular formula is C18H25N3O3S. The summed E-state index contributed by atoms with van der Waals surface area (Å²) in [5.74, 6) is 2.61. The molecule has 0 fully saturated rings. The number of rotatable bonds is 8. The first kappa shape index (κ1) is 18.9. The molecule has 0 aliphatic heterocycles. The molecule has 0 saturated carbocycles. The van der Waals surface area contributed by atoms with Gasteiger partial charge in [0.1, 0.15) is 0 Å². The van der Waals surface area contributed by atoms with Crippen molar-refractivity contribution < 1.29 is 14.2 Å². The predicted molar refractivity (Wildman–Crippen MR) is 102 cm³/mol. The van der Waals surface area contributed by atoms with E-state index in [1.807, 2.05) is 25.1 Å². The summed E-state index contributed by atoms with van der Waals surface area (Å²) in [6.07, 6.45) is 0. The van der Waals surface area contributed by atoms with Gasteiger partial charge in [-0.15, -0.1) is 11.3 Å². The second-order valence-electron chi connectivity index (χ2n) is 5.12. The monoisotopic (exact) mass is 363 g/mol. The molecule has 0 bridgehead atoms. The number of nitrogens with one attached hydrogen (secondary N) is 2. The summed E-state index contributed by atoms with van der Waals surface area (Å²) in [4.78, 5) is 5.90.